The molecule has 0 aromatic heterocycles. The van der Waals surface area contributed by atoms with Gasteiger partial charge in [0.15, 0.2) is 5.78 Å². The molecule has 0 amide bonds. The van der Waals surface area contributed by atoms with E-state index in [1.54, 1.807) is 0 Å². The molecule has 1 saturated carbocycles. The third-order valence-electron chi connectivity index (χ3n) is 8.84. The second-order valence-electron chi connectivity index (χ2n) is 12.0. The Morgan fingerprint density at radius 2 is 1.61 bits per heavy atom. The number of nitrogens with zero attached hydrogens (tertiary/aromatic N) is 2. The highest BCUT2D eigenvalue weighted by atomic mass is 16.5. The number of hydrogen-bond acceptors (Lipinski definition) is 5. The number of carbonyl (C=O) groups is 1. The van der Waals surface area contributed by atoms with E-state index in [2.05, 4.69) is 50.8 Å². The number of hydrogen-bond donors (Lipinski definition) is 1. The molecule has 36 heavy (non-hydrogen) atoms. The summed E-state index contributed by atoms with van der Waals surface area (Å²) in [5, 5.41) is 18.7. The zero-order valence-electron chi connectivity index (χ0n) is 22.6. The highest BCUT2D eigenvalue weighted by Crippen LogP contribution is 2.61. The Bertz CT molecular complexity index is 1110. The van der Waals surface area contributed by atoms with Crippen LogP contribution in [0.1, 0.15) is 74.0 Å². The maximum atomic E-state index is 13.3. The molecule has 0 bridgehead atoms. The lowest BCUT2D eigenvalue weighted by Crippen LogP contribution is -2.66. The van der Waals surface area contributed by atoms with Crippen molar-refractivity contribution in [1.29, 1.82) is 5.26 Å². The van der Waals surface area contributed by atoms with Crippen molar-refractivity contribution >= 4 is 11.5 Å². The molecular formula is C31H40N2O3. The molecule has 1 saturated heterocycles. The summed E-state index contributed by atoms with van der Waals surface area (Å²) in [6.45, 7) is 14.8. The van der Waals surface area contributed by atoms with E-state index in [9.17, 15) is 15.2 Å². The summed E-state index contributed by atoms with van der Waals surface area (Å²) in [6, 6.07) is 14.2. The van der Waals surface area contributed by atoms with E-state index in [0.717, 1.165) is 54.1 Å². The smallest absolute Gasteiger partial charge is 0.163 e. The first-order valence-corrected chi connectivity index (χ1v) is 13.2. The standard InChI is InChI=1S/C31H40N2O3/c1-20-15-25(16-21(2)26(20)18-32)36-29-30(3,4)28(31(29,5)6)17-27(35)23-7-9-24(10-8-23)33-13-11-22(19-34)12-14-33/h7-10,15-16,22,28-29,34H,11-14,17,19H2,1-6H3. The molecule has 1 heterocycles. The SMILES string of the molecule is Cc1cc(OC2C(C)(C)C(CC(=O)c3ccc(N4CCC(CO)CC4)cc3)C2(C)C)cc(C)c1C#N. The van der Waals surface area contributed by atoms with Crippen molar-refractivity contribution in [2.24, 2.45) is 22.7 Å². The number of nitriles is 1. The van der Waals surface area contributed by atoms with Gasteiger partial charge in [-0.05, 0) is 86.1 Å². The van der Waals surface area contributed by atoms with Crippen molar-refractivity contribution in [3.05, 3.63) is 58.7 Å². The lowest BCUT2D eigenvalue weighted by molar-refractivity contribution is -0.196. The molecule has 0 atom stereocenters. The maximum absolute atomic E-state index is 13.3. The molecule has 2 aromatic carbocycles. The number of anilines is 1. The predicted molar refractivity (Wildman–Crippen MR) is 144 cm³/mol. The number of rotatable bonds is 7. The van der Waals surface area contributed by atoms with Crippen LogP contribution in [0, 0.1) is 47.8 Å². The van der Waals surface area contributed by atoms with Crippen LogP contribution in [0.2, 0.25) is 0 Å². The van der Waals surface area contributed by atoms with E-state index < -0.39 is 0 Å². The first-order chi connectivity index (χ1) is 17.0. The summed E-state index contributed by atoms with van der Waals surface area (Å²) < 4.78 is 6.52. The van der Waals surface area contributed by atoms with Gasteiger partial charge < -0.3 is 14.7 Å². The predicted octanol–water partition coefficient (Wildman–Crippen LogP) is 6.09. The fraction of sp³-hybridized carbons (Fsp3) is 0.548. The molecular weight excluding hydrogens is 448 g/mol. The maximum Gasteiger partial charge on any atom is 0.163 e. The summed E-state index contributed by atoms with van der Waals surface area (Å²) in [5.74, 6) is 1.57. The minimum Gasteiger partial charge on any atom is -0.489 e. The fourth-order valence-electron chi connectivity index (χ4n) is 6.86. The summed E-state index contributed by atoms with van der Waals surface area (Å²) in [5.41, 5.74) is 4.15. The zero-order chi connectivity index (χ0) is 26.3. The fourth-order valence-corrected chi connectivity index (χ4v) is 6.86. The summed E-state index contributed by atoms with van der Waals surface area (Å²) >= 11 is 0. The Morgan fingerprint density at radius 3 is 2.11 bits per heavy atom. The van der Waals surface area contributed by atoms with E-state index >= 15 is 0 Å². The number of piperidine rings is 1. The highest BCUT2D eigenvalue weighted by Gasteiger charge is 2.63. The van der Waals surface area contributed by atoms with Crippen molar-refractivity contribution < 1.29 is 14.6 Å². The van der Waals surface area contributed by atoms with Crippen molar-refractivity contribution in [1.82, 2.24) is 0 Å². The molecule has 0 unspecified atom stereocenters. The zero-order valence-corrected chi connectivity index (χ0v) is 22.6. The Balaban J connectivity index is 1.42. The number of ether oxygens (including phenoxy) is 1. The van der Waals surface area contributed by atoms with Gasteiger partial charge in [0.05, 0.1) is 11.6 Å². The molecule has 192 valence electrons. The van der Waals surface area contributed by atoms with Gasteiger partial charge in [-0.1, -0.05) is 27.7 Å². The van der Waals surface area contributed by atoms with E-state index in [-0.39, 0.29) is 35.2 Å². The first kappa shape index (κ1) is 26.2. The number of aliphatic hydroxyl groups excluding tert-OH is 1. The van der Waals surface area contributed by atoms with Crippen LogP contribution in [-0.4, -0.2) is 36.7 Å². The Kier molecular flexibility index (Phi) is 7.21. The van der Waals surface area contributed by atoms with Crippen LogP contribution >= 0.6 is 0 Å². The van der Waals surface area contributed by atoms with Crippen molar-refractivity contribution in [2.75, 3.05) is 24.6 Å². The topological polar surface area (TPSA) is 73.6 Å². The van der Waals surface area contributed by atoms with Crippen LogP contribution in [-0.2, 0) is 0 Å². The van der Waals surface area contributed by atoms with Gasteiger partial charge in [0.2, 0.25) is 0 Å². The van der Waals surface area contributed by atoms with Gasteiger partial charge >= 0.3 is 0 Å². The van der Waals surface area contributed by atoms with Crippen LogP contribution in [0.5, 0.6) is 5.75 Å². The average molecular weight is 489 g/mol. The second-order valence-corrected chi connectivity index (χ2v) is 12.0. The molecule has 4 rings (SSSR count). The van der Waals surface area contributed by atoms with Gasteiger partial charge in [0.1, 0.15) is 11.9 Å². The van der Waals surface area contributed by atoms with Gasteiger partial charge in [-0.3, -0.25) is 4.79 Å². The largest absolute Gasteiger partial charge is 0.489 e. The first-order valence-electron chi connectivity index (χ1n) is 13.2. The van der Waals surface area contributed by atoms with E-state index in [4.69, 9.17) is 4.74 Å². The molecule has 0 radical (unpaired) electrons. The van der Waals surface area contributed by atoms with Crippen molar-refractivity contribution in [2.45, 2.75) is 66.9 Å². The van der Waals surface area contributed by atoms with Crippen LogP contribution in [0.25, 0.3) is 0 Å². The van der Waals surface area contributed by atoms with Gasteiger partial charge in [-0.15, -0.1) is 0 Å². The summed E-state index contributed by atoms with van der Waals surface area (Å²) in [4.78, 5) is 15.6. The molecule has 1 N–H and O–H groups in total. The monoisotopic (exact) mass is 488 g/mol. The number of aryl methyl sites for hydroxylation is 2. The Morgan fingerprint density at radius 1 is 1.06 bits per heavy atom. The highest BCUT2D eigenvalue weighted by molar-refractivity contribution is 5.96. The number of aliphatic hydroxyl groups is 1. The number of Topliss-reactive ketones (excluding diaryl/α,β-unsaturated/α-hetero) is 1. The van der Waals surface area contributed by atoms with Crippen molar-refractivity contribution in [3.63, 3.8) is 0 Å². The van der Waals surface area contributed by atoms with Crippen LogP contribution in [0.15, 0.2) is 36.4 Å². The summed E-state index contributed by atoms with van der Waals surface area (Å²) in [7, 11) is 0. The van der Waals surface area contributed by atoms with Crippen LogP contribution in [0.3, 0.4) is 0 Å². The van der Waals surface area contributed by atoms with Crippen LogP contribution in [0.4, 0.5) is 5.69 Å². The minimum absolute atomic E-state index is 0.0289. The molecule has 5 nitrogen and oxygen atoms in total. The third-order valence-corrected chi connectivity index (χ3v) is 8.84. The number of carbonyl (C=O) groups excluding carboxylic acids is 1. The van der Waals surface area contributed by atoms with Gasteiger partial charge in [-0.25, -0.2) is 0 Å². The van der Waals surface area contributed by atoms with Crippen LogP contribution < -0.4 is 9.64 Å². The molecule has 5 heteroatoms. The lowest BCUT2D eigenvalue weighted by atomic mass is 9.44. The van der Waals surface area contributed by atoms with Gasteiger partial charge in [-0.2, -0.15) is 5.26 Å². The van der Waals surface area contributed by atoms with Crippen molar-refractivity contribution in [3.8, 4) is 11.8 Å². The molecule has 1 aliphatic carbocycles. The quantitative estimate of drug-likeness (QED) is 0.478. The van der Waals surface area contributed by atoms with Gasteiger partial charge in [0.25, 0.3) is 0 Å². The van der Waals surface area contributed by atoms with E-state index in [1.165, 1.54) is 0 Å². The van der Waals surface area contributed by atoms with E-state index in [1.807, 2.05) is 38.1 Å². The molecule has 2 aromatic rings. The third kappa shape index (κ3) is 4.76. The molecule has 2 fully saturated rings. The molecule has 0 spiro atoms. The average Bonchev–Trinajstić information content (AvgIpc) is 2.85. The number of benzene rings is 2. The van der Waals surface area contributed by atoms with Gasteiger partial charge in [0, 0.05) is 48.2 Å². The Hall–Kier alpha value is -2.84. The van der Waals surface area contributed by atoms with E-state index in [0.29, 0.717) is 17.9 Å². The minimum atomic E-state index is -0.161. The lowest BCUT2D eigenvalue weighted by Gasteiger charge is -2.63. The summed E-state index contributed by atoms with van der Waals surface area (Å²) in [6.07, 6.45) is 2.48. The Labute approximate surface area is 216 Å². The normalized spacial score (nSPS) is 23.0. The second kappa shape index (κ2) is 9.90. The number of ketones is 1. The molecule has 2 aliphatic rings. The molecule has 1 aliphatic heterocycles.